The maximum atomic E-state index is 14.6. The molecule has 1 aliphatic rings. The van der Waals surface area contributed by atoms with Gasteiger partial charge in [-0.1, -0.05) is 11.6 Å². The largest absolute Gasteiger partial charge is 0.494 e. The highest BCUT2D eigenvalue weighted by molar-refractivity contribution is 6.31. The first-order chi connectivity index (χ1) is 13.0. The van der Waals surface area contributed by atoms with Crippen molar-refractivity contribution in [2.75, 3.05) is 13.7 Å². The van der Waals surface area contributed by atoms with Gasteiger partial charge in [-0.25, -0.2) is 13.8 Å². The summed E-state index contributed by atoms with van der Waals surface area (Å²) in [6, 6.07) is 3.15. The lowest BCUT2D eigenvalue weighted by Gasteiger charge is -2.30. The maximum Gasteiger partial charge on any atom is 0.151 e. The predicted molar refractivity (Wildman–Crippen MR) is 100 cm³/mol. The summed E-state index contributed by atoms with van der Waals surface area (Å²) in [5.74, 6) is -1.99. The van der Waals surface area contributed by atoms with Gasteiger partial charge in [0.05, 0.1) is 30.0 Å². The van der Waals surface area contributed by atoms with Gasteiger partial charge < -0.3 is 20.1 Å². The second-order valence-corrected chi connectivity index (χ2v) is 8.01. The first-order valence-corrected chi connectivity index (χ1v) is 9.21. The third-order valence-corrected chi connectivity index (χ3v) is 5.33. The van der Waals surface area contributed by atoms with Crippen LogP contribution in [0.15, 0.2) is 18.2 Å². The van der Waals surface area contributed by atoms with Gasteiger partial charge in [-0.3, -0.25) is 0 Å². The predicted octanol–water partition coefficient (Wildman–Crippen LogP) is 3.51. The molecule has 1 heterocycles. The zero-order chi connectivity index (χ0) is 20.9. The van der Waals surface area contributed by atoms with Crippen LogP contribution in [0.2, 0.25) is 5.02 Å². The maximum absolute atomic E-state index is 14.6. The Morgan fingerprint density at radius 1 is 1.18 bits per heavy atom. The molecular weight excluding hydrogens is 392 g/mol. The molecule has 1 saturated carbocycles. The molecule has 28 heavy (non-hydrogen) atoms. The Hall–Kier alpha value is -1.80. The summed E-state index contributed by atoms with van der Waals surface area (Å²) in [5.41, 5.74) is -2.97. The lowest BCUT2D eigenvalue weighted by molar-refractivity contribution is -0.0421. The fraction of sp³-hybridized carbons (Fsp3) is 0.450. The van der Waals surface area contributed by atoms with Gasteiger partial charge in [0.15, 0.2) is 5.75 Å². The van der Waals surface area contributed by atoms with E-state index in [1.165, 1.54) is 27.0 Å². The monoisotopic (exact) mass is 413 g/mol. The van der Waals surface area contributed by atoms with Gasteiger partial charge in [0, 0.05) is 17.2 Å². The highest BCUT2D eigenvalue weighted by atomic mass is 35.5. The number of halogens is 3. The Kier molecular flexibility index (Phi) is 5.40. The topological polar surface area (TPSA) is 82.8 Å². The average molecular weight is 414 g/mol. The summed E-state index contributed by atoms with van der Waals surface area (Å²) < 4.78 is 33.6. The Balaban J connectivity index is 2.35. The summed E-state index contributed by atoms with van der Waals surface area (Å²) in [5, 5.41) is 31.2. The van der Waals surface area contributed by atoms with Gasteiger partial charge in [0.25, 0.3) is 0 Å². The number of methoxy groups -OCH3 is 1. The van der Waals surface area contributed by atoms with Crippen LogP contribution in [0.25, 0.3) is 11.3 Å². The molecule has 0 aliphatic heterocycles. The van der Waals surface area contributed by atoms with Gasteiger partial charge in [-0.2, -0.15) is 0 Å². The van der Waals surface area contributed by atoms with Crippen molar-refractivity contribution in [1.82, 2.24) is 4.98 Å². The number of aromatic nitrogens is 1. The molecular formula is C20H22ClF2NO4. The number of hydrogen-bond acceptors (Lipinski definition) is 5. The lowest BCUT2D eigenvalue weighted by atomic mass is 9.88. The van der Waals surface area contributed by atoms with Crippen molar-refractivity contribution in [3.8, 4) is 17.0 Å². The van der Waals surface area contributed by atoms with E-state index in [4.69, 9.17) is 16.3 Å². The highest BCUT2D eigenvalue weighted by Gasteiger charge is 2.47. The van der Waals surface area contributed by atoms with E-state index in [-0.39, 0.29) is 39.2 Å². The molecule has 0 radical (unpaired) electrons. The van der Waals surface area contributed by atoms with Gasteiger partial charge in [-0.05, 0) is 44.7 Å². The van der Waals surface area contributed by atoms with Crippen LogP contribution >= 0.6 is 11.6 Å². The van der Waals surface area contributed by atoms with Crippen molar-refractivity contribution in [2.45, 2.75) is 37.9 Å². The fourth-order valence-corrected chi connectivity index (χ4v) is 3.45. The number of ether oxygens (including phenoxy) is 1. The summed E-state index contributed by atoms with van der Waals surface area (Å²) in [4.78, 5) is 4.36. The summed E-state index contributed by atoms with van der Waals surface area (Å²) in [6.07, 6.45) is 1.41. The zero-order valence-electron chi connectivity index (χ0n) is 15.8. The van der Waals surface area contributed by atoms with Crippen molar-refractivity contribution in [3.63, 3.8) is 0 Å². The normalized spacial score (nSPS) is 16.8. The van der Waals surface area contributed by atoms with E-state index >= 15 is 0 Å². The second kappa shape index (κ2) is 7.22. The molecule has 1 aliphatic carbocycles. The SMILES string of the molecule is COc1c(C(C)(C)O)cc([C@@](O)(CO)C2CC2)nc1-c1cc(Cl)c(F)cc1F. The van der Waals surface area contributed by atoms with Crippen LogP contribution in [-0.2, 0) is 11.2 Å². The summed E-state index contributed by atoms with van der Waals surface area (Å²) >= 11 is 5.83. The minimum absolute atomic E-state index is 0.0518. The van der Waals surface area contributed by atoms with Crippen LogP contribution in [0.4, 0.5) is 8.78 Å². The molecule has 1 aromatic heterocycles. The Labute approximate surface area is 166 Å². The molecule has 0 unspecified atom stereocenters. The molecule has 1 atom stereocenters. The van der Waals surface area contributed by atoms with Crippen LogP contribution in [0.3, 0.4) is 0 Å². The van der Waals surface area contributed by atoms with E-state index in [9.17, 15) is 24.1 Å². The number of aliphatic hydroxyl groups excluding tert-OH is 1. The number of pyridine rings is 1. The van der Waals surface area contributed by atoms with Crippen LogP contribution in [0, 0.1) is 17.6 Å². The smallest absolute Gasteiger partial charge is 0.151 e. The number of hydrogen-bond donors (Lipinski definition) is 3. The Bertz CT molecular complexity index is 912. The second-order valence-electron chi connectivity index (χ2n) is 7.60. The van der Waals surface area contributed by atoms with Gasteiger partial charge >= 0.3 is 0 Å². The van der Waals surface area contributed by atoms with Crippen molar-refractivity contribution < 1.29 is 28.8 Å². The lowest BCUT2D eigenvalue weighted by Crippen LogP contribution is -2.35. The molecule has 0 saturated heterocycles. The van der Waals surface area contributed by atoms with Crippen LogP contribution in [0.1, 0.15) is 37.9 Å². The van der Waals surface area contributed by atoms with Gasteiger partial charge in [0.2, 0.25) is 0 Å². The molecule has 152 valence electrons. The molecule has 3 N–H and O–H groups in total. The number of benzene rings is 1. The third-order valence-electron chi connectivity index (χ3n) is 5.04. The third kappa shape index (κ3) is 3.59. The molecule has 5 nitrogen and oxygen atoms in total. The highest BCUT2D eigenvalue weighted by Crippen LogP contribution is 2.48. The van der Waals surface area contributed by atoms with E-state index in [1.54, 1.807) is 0 Å². The van der Waals surface area contributed by atoms with Crippen molar-refractivity contribution in [3.05, 3.63) is 46.1 Å². The van der Waals surface area contributed by atoms with Crippen LogP contribution < -0.4 is 4.74 Å². The number of aliphatic hydroxyl groups is 3. The quantitative estimate of drug-likeness (QED) is 0.631. The van der Waals surface area contributed by atoms with Gasteiger partial charge in [-0.15, -0.1) is 0 Å². The summed E-state index contributed by atoms with van der Waals surface area (Å²) in [7, 11) is 1.33. The standard InChI is InChI=1S/C20H22ClF2NO4/c1-19(2,26)12-7-16(20(27,9-25)10-4-5-10)24-17(18(12)28-3)11-6-13(21)15(23)8-14(11)22/h6-8,10,25-27H,4-5,9H2,1-3H3/t20-/m1/s1. The minimum Gasteiger partial charge on any atom is -0.494 e. The molecule has 1 aromatic carbocycles. The van der Waals surface area contributed by atoms with Crippen molar-refractivity contribution in [1.29, 1.82) is 0 Å². The number of rotatable bonds is 6. The average Bonchev–Trinajstić information content (AvgIpc) is 3.47. The molecule has 0 bridgehead atoms. The molecule has 0 amide bonds. The minimum atomic E-state index is -1.65. The van der Waals surface area contributed by atoms with Crippen molar-refractivity contribution >= 4 is 11.6 Å². The van der Waals surface area contributed by atoms with E-state index < -0.39 is 29.4 Å². The first kappa shape index (κ1) is 20.9. The van der Waals surface area contributed by atoms with Crippen molar-refractivity contribution in [2.24, 2.45) is 5.92 Å². The first-order valence-electron chi connectivity index (χ1n) is 8.83. The summed E-state index contributed by atoms with van der Waals surface area (Å²) in [6.45, 7) is 2.41. The van der Waals surface area contributed by atoms with E-state index in [0.717, 1.165) is 6.07 Å². The molecule has 3 rings (SSSR count). The fourth-order valence-electron chi connectivity index (χ4n) is 3.28. The van der Waals surface area contributed by atoms with Gasteiger partial charge in [0.1, 0.15) is 22.9 Å². The Morgan fingerprint density at radius 2 is 1.82 bits per heavy atom. The molecule has 0 spiro atoms. The number of nitrogens with zero attached hydrogens (tertiary/aromatic N) is 1. The van der Waals surface area contributed by atoms with Crippen LogP contribution in [0.5, 0.6) is 5.75 Å². The van der Waals surface area contributed by atoms with E-state index in [2.05, 4.69) is 4.98 Å². The zero-order valence-corrected chi connectivity index (χ0v) is 16.5. The molecule has 1 fully saturated rings. The Morgan fingerprint density at radius 3 is 2.32 bits per heavy atom. The van der Waals surface area contributed by atoms with Crippen LogP contribution in [-0.4, -0.2) is 34.0 Å². The molecule has 8 heteroatoms. The van der Waals surface area contributed by atoms with E-state index in [0.29, 0.717) is 18.9 Å². The van der Waals surface area contributed by atoms with E-state index in [1.807, 2.05) is 0 Å². The molecule has 2 aromatic rings.